The lowest BCUT2D eigenvalue weighted by atomic mass is 9.87. The van der Waals surface area contributed by atoms with Gasteiger partial charge in [-0.2, -0.15) is 4.98 Å². The summed E-state index contributed by atoms with van der Waals surface area (Å²) in [6, 6.07) is 17.3. The number of hydrogen-bond donors (Lipinski definition) is 5. The molecule has 3 heterocycles. The Labute approximate surface area is 273 Å². The van der Waals surface area contributed by atoms with Crippen LogP contribution in [0.4, 0.5) is 0 Å². The van der Waals surface area contributed by atoms with Crippen molar-refractivity contribution in [2.24, 2.45) is 5.73 Å². The monoisotopic (exact) mass is 649 g/mol. The Morgan fingerprint density at radius 3 is 2.30 bits per heavy atom. The van der Waals surface area contributed by atoms with Gasteiger partial charge in [-0.05, 0) is 92.3 Å². The van der Waals surface area contributed by atoms with Gasteiger partial charge in [-0.1, -0.05) is 65.8 Å². The minimum absolute atomic E-state index is 0.0207. The molecule has 1 fully saturated rings. The Morgan fingerprint density at radius 1 is 0.978 bits per heavy atom. The highest BCUT2D eigenvalue weighted by Gasteiger charge is 2.23. The van der Waals surface area contributed by atoms with Crippen LogP contribution in [-0.4, -0.2) is 55.2 Å². The second kappa shape index (κ2) is 15.0. The van der Waals surface area contributed by atoms with Gasteiger partial charge in [0.05, 0.1) is 10.6 Å². The number of H-pyrrole nitrogens is 1. The molecule has 6 N–H and O–H groups in total. The molecule has 2 aromatic heterocycles. The average Bonchev–Trinajstić information content (AvgIpc) is 3.43. The number of benzene rings is 2. The van der Waals surface area contributed by atoms with E-state index < -0.39 is 10.0 Å². The zero-order valence-electron chi connectivity index (χ0n) is 28.1. The number of nitrogens with zero attached hydrogens (tertiary/aromatic N) is 2. The predicted octanol–water partition coefficient (Wildman–Crippen LogP) is 4.46. The summed E-state index contributed by atoms with van der Waals surface area (Å²) in [6.07, 6.45) is 4.51. The molecular weight excluding hydrogens is 598 g/mol. The first-order valence-electron chi connectivity index (χ1n) is 16.1. The number of aromatic amines is 1. The fraction of sp³-hybridized carbons (Fsp3) is 0.486. The van der Waals surface area contributed by atoms with Gasteiger partial charge in [-0.25, -0.2) is 17.9 Å². The van der Waals surface area contributed by atoms with Crippen molar-refractivity contribution in [3.05, 3.63) is 88.1 Å². The first kappa shape index (κ1) is 35.5. The summed E-state index contributed by atoms with van der Waals surface area (Å²) in [5.74, 6) is 0. The maximum absolute atomic E-state index is 12.4. The fourth-order valence-electron chi connectivity index (χ4n) is 5.17. The minimum atomic E-state index is -3.42. The molecule has 10 nitrogen and oxygen atoms in total. The van der Waals surface area contributed by atoms with E-state index in [1.807, 2.05) is 42.6 Å². The third kappa shape index (κ3) is 9.59. The van der Waals surface area contributed by atoms with E-state index >= 15 is 0 Å². The first-order valence-corrected chi connectivity index (χ1v) is 17.6. The first-order chi connectivity index (χ1) is 21.7. The minimum Gasteiger partial charge on any atom is -0.343 e. The van der Waals surface area contributed by atoms with E-state index in [0.717, 1.165) is 67.8 Å². The van der Waals surface area contributed by atoms with Crippen molar-refractivity contribution in [3.8, 4) is 5.69 Å². The van der Waals surface area contributed by atoms with Crippen LogP contribution in [0.5, 0.6) is 0 Å². The van der Waals surface area contributed by atoms with E-state index in [0.29, 0.717) is 17.1 Å². The summed E-state index contributed by atoms with van der Waals surface area (Å²) in [7, 11) is -3.42. The summed E-state index contributed by atoms with van der Waals surface area (Å²) in [4.78, 5) is 20.3. The Hall–Kier alpha value is -3.35. The van der Waals surface area contributed by atoms with Crippen molar-refractivity contribution in [1.82, 2.24) is 29.9 Å². The third-order valence-electron chi connectivity index (χ3n) is 8.09. The molecule has 4 aromatic rings. The molecule has 0 saturated carbocycles. The van der Waals surface area contributed by atoms with Gasteiger partial charge in [0.15, 0.2) is 0 Å². The zero-order valence-corrected chi connectivity index (χ0v) is 28.9. The van der Waals surface area contributed by atoms with Gasteiger partial charge < -0.3 is 21.4 Å². The quantitative estimate of drug-likeness (QED) is 0.168. The number of piperidine rings is 1. The summed E-state index contributed by atoms with van der Waals surface area (Å²) < 4.78 is 29.3. The number of sulfonamides is 1. The number of nitrogens with one attached hydrogen (secondary N) is 4. The maximum Gasteiger partial charge on any atom is 0.354 e. The van der Waals surface area contributed by atoms with Crippen LogP contribution < -0.4 is 26.8 Å². The van der Waals surface area contributed by atoms with Crippen molar-refractivity contribution in [1.29, 1.82) is 0 Å². The summed E-state index contributed by atoms with van der Waals surface area (Å²) >= 11 is 0. The van der Waals surface area contributed by atoms with Crippen LogP contribution in [-0.2, 0) is 27.4 Å². The van der Waals surface area contributed by atoms with E-state index in [-0.39, 0.29) is 22.6 Å². The summed E-state index contributed by atoms with van der Waals surface area (Å²) in [5, 5.41) is 7.52. The SMILES string of the molecule is CC(C)(C)c1cc2cn(-c3ccc(CNCCCN)cc3)c(=O)nc2[nH]1.CC(C)(C)c1cccc(S(=O)(=O)NC2CCNCC2)c1. The van der Waals surface area contributed by atoms with Gasteiger partial charge in [0.25, 0.3) is 0 Å². The van der Waals surface area contributed by atoms with E-state index in [4.69, 9.17) is 5.73 Å². The van der Waals surface area contributed by atoms with Crippen LogP contribution in [0.3, 0.4) is 0 Å². The molecule has 0 aliphatic carbocycles. The van der Waals surface area contributed by atoms with Crippen molar-refractivity contribution >= 4 is 21.1 Å². The zero-order chi connectivity index (χ0) is 33.5. The Bertz CT molecular complexity index is 1740. The lowest BCUT2D eigenvalue weighted by Gasteiger charge is -2.24. The van der Waals surface area contributed by atoms with Crippen LogP contribution in [0.25, 0.3) is 16.7 Å². The van der Waals surface area contributed by atoms with Gasteiger partial charge in [0.1, 0.15) is 5.65 Å². The van der Waals surface area contributed by atoms with Crippen LogP contribution in [0.15, 0.2) is 70.5 Å². The highest BCUT2D eigenvalue weighted by Crippen LogP contribution is 2.26. The molecule has 1 aliphatic heterocycles. The number of fused-ring (bicyclic) bond motifs is 1. The molecule has 0 atom stereocenters. The largest absolute Gasteiger partial charge is 0.354 e. The molecule has 46 heavy (non-hydrogen) atoms. The van der Waals surface area contributed by atoms with Crippen molar-refractivity contribution in [2.75, 3.05) is 26.2 Å². The molecule has 5 rings (SSSR count). The molecule has 2 aromatic carbocycles. The van der Waals surface area contributed by atoms with E-state index in [1.165, 1.54) is 5.56 Å². The predicted molar refractivity (Wildman–Crippen MR) is 187 cm³/mol. The number of hydrogen-bond acceptors (Lipinski definition) is 7. The highest BCUT2D eigenvalue weighted by atomic mass is 32.2. The standard InChI is InChI=1S/C20H27N5O.C15H24N2O2S/c1-20(2,3)17-11-15-13-25(19(26)24-18(15)23-17)16-7-5-14(6-8-16)12-22-10-4-9-21;1-15(2,3)12-5-4-6-14(11-12)20(18,19)17-13-7-9-16-10-8-13/h5-8,11,13,22H,4,9-10,12,21H2,1-3H3,(H,23,24,26);4-6,11,13,16-17H,7-10H2,1-3H3. The molecule has 250 valence electrons. The van der Waals surface area contributed by atoms with Crippen molar-refractivity contribution in [3.63, 3.8) is 0 Å². The Kier molecular flexibility index (Phi) is 11.6. The maximum atomic E-state index is 12.4. The highest BCUT2D eigenvalue weighted by molar-refractivity contribution is 7.89. The smallest absolute Gasteiger partial charge is 0.343 e. The molecule has 0 radical (unpaired) electrons. The van der Waals surface area contributed by atoms with Gasteiger partial charge in [0.2, 0.25) is 10.0 Å². The van der Waals surface area contributed by atoms with Crippen molar-refractivity contribution in [2.45, 2.75) is 89.1 Å². The molecule has 0 unspecified atom stereocenters. The molecule has 1 aliphatic rings. The summed E-state index contributed by atoms with van der Waals surface area (Å²) in [6.45, 7) is 16.8. The molecular formula is C35H51N7O3S. The molecule has 1 saturated heterocycles. The third-order valence-corrected chi connectivity index (χ3v) is 9.61. The topological polar surface area (TPSA) is 147 Å². The lowest BCUT2D eigenvalue weighted by Crippen LogP contribution is -2.42. The van der Waals surface area contributed by atoms with E-state index in [9.17, 15) is 13.2 Å². The Balaban J connectivity index is 0.000000216. The molecule has 11 heteroatoms. The van der Waals surface area contributed by atoms with E-state index in [1.54, 1.807) is 16.7 Å². The molecule has 0 bridgehead atoms. The van der Waals surface area contributed by atoms with Crippen LogP contribution in [0.1, 0.15) is 77.6 Å². The van der Waals surface area contributed by atoms with Crippen LogP contribution in [0.2, 0.25) is 0 Å². The van der Waals surface area contributed by atoms with Crippen LogP contribution >= 0.6 is 0 Å². The normalized spacial score (nSPS) is 14.7. The molecule has 0 spiro atoms. The lowest BCUT2D eigenvalue weighted by molar-refractivity contribution is 0.427. The number of aromatic nitrogens is 3. The van der Waals surface area contributed by atoms with Crippen molar-refractivity contribution < 1.29 is 8.42 Å². The second-order valence-corrected chi connectivity index (χ2v) is 15.8. The van der Waals surface area contributed by atoms with E-state index in [2.05, 4.69) is 72.9 Å². The van der Waals surface area contributed by atoms with Gasteiger partial charge in [0, 0.05) is 35.3 Å². The molecule has 0 amide bonds. The number of nitrogens with two attached hydrogens (primary N) is 1. The average molecular weight is 650 g/mol. The number of rotatable bonds is 9. The Morgan fingerprint density at radius 2 is 1.67 bits per heavy atom. The fourth-order valence-corrected chi connectivity index (χ4v) is 6.53. The second-order valence-electron chi connectivity index (χ2n) is 14.0. The van der Waals surface area contributed by atoms with Gasteiger partial charge in [-0.15, -0.1) is 0 Å². The van der Waals surface area contributed by atoms with Crippen LogP contribution in [0, 0.1) is 0 Å². The van der Waals surface area contributed by atoms with Gasteiger partial charge >= 0.3 is 5.69 Å². The summed E-state index contributed by atoms with van der Waals surface area (Å²) in [5.41, 5.74) is 9.85. The van der Waals surface area contributed by atoms with Gasteiger partial charge in [-0.3, -0.25) is 4.57 Å².